The molecule has 1 atom stereocenters. The van der Waals surface area contributed by atoms with Gasteiger partial charge in [0, 0.05) is 23.8 Å². The maximum atomic E-state index is 3.54. The van der Waals surface area contributed by atoms with Crippen molar-refractivity contribution in [2.75, 3.05) is 19.6 Å². The van der Waals surface area contributed by atoms with Gasteiger partial charge in [-0.15, -0.1) is 11.3 Å². The van der Waals surface area contributed by atoms with Crippen LogP contribution in [0.4, 0.5) is 0 Å². The average molecular weight is 302 g/mol. The Morgan fingerprint density at radius 3 is 2.95 bits per heavy atom. The van der Waals surface area contributed by atoms with Crippen LogP contribution in [-0.2, 0) is 6.54 Å². The summed E-state index contributed by atoms with van der Waals surface area (Å²) in [6.07, 6.45) is 2.71. The van der Waals surface area contributed by atoms with Gasteiger partial charge >= 0.3 is 0 Å². The molecule has 114 valence electrons. The zero-order valence-corrected chi connectivity index (χ0v) is 14.0. The van der Waals surface area contributed by atoms with Gasteiger partial charge in [-0.25, -0.2) is 0 Å². The van der Waals surface area contributed by atoms with Crippen LogP contribution in [0.5, 0.6) is 0 Å². The van der Waals surface area contributed by atoms with Gasteiger partial charge < -0.3 is 5.32 Å². The van der Waals surface area contributed by atoms with Crippen LogP contribution in [0.3, 0.4) is 0 Å². The van der Waals surface area contributed by atoms with Gasteiger partial charge in [-0.1, -0.05) is 18.2 Å². The summed E-state index contributed by atoms with van der Waals surface area (Å²) < 4.78 is 1.41. The minimum Gasteiger partial charge on any atom is -0.316 e. The molecule has 0 aliphatic carbocycles. The van der Waals surface area contributed by atoms with Crippen LogP contribution in [-0.4, -0.2) is 30.6 Å². The van der Waals surface area contributed by atoms with Crippen LogP contribution in [0.1, 0.15) is 32.3 Å². The third-order valence-electron chi connectivity index (χ3n) is 4.56. The standard InChI is InChI=1S/C18H26N2S/c1-14(2)20(11-15-6-5-9-19-10-15)12-16-13-21-18-8-4-3-7-17(16)18/h3-4,7-8,13-15,19H,5-6,9-12H2,1-2H3. The van der Waals surface area contributed by atoms with Crippen molar-refractivity contribution in [3.8, 4) is 0 Å². The number of hydrogen-bond acceptors (Lipinski definition) is 3. The highest BCUT2D eigenvalue weighted by atomic mass is 32.1. The molecular weight excluding hydrogens is 276 g/mol. The van der Waals surface area contributed by atoms with Crippen LogP contribution in [0, 0.1) is 5.92 Å². The Bertz CT molecular complexity index is 569. The van der Waals surface area contributed by atoms with Gasteiger partial charge in [-0.05, 0) is 68.1 Å². The number of piperidine rings is 1. The molecule has 1 aromatic heterocycles. The van der Waals surface area contributed by atoms with E-state index in [0.29, 0.717) is 6.04 Å². The predicted molar refractivity (Wildman–Crippen MR) is 93.0 cm³/mol. The molecule has 1 aliphatic heterocycles. The summed E-state index contributed by atoms with van der Waals surface area (Å²) in [6.45, 7) is 9.34. The van der Waals surface area contributed by atoms with E-state index in [1.807, 2.05) is 11.3 Å². The van der Waals surface area contributed by atoms with E-state index in [0.717, 1.165) is 12.5 Å². The number of hydrogen-bond donors (Lipinski definition) is 1. The Morgan fingerprint density at radius 1 is 1.33 bits per heavy atom. The first-order valence-corrected chi connectivity index (χ1v) is 9.02. The number of nitrogens with one attached hydrogen (secondary N) is 1. The maximum absolute atomic E-state index is 3.54. The third kappa shape index (κ3) is 3.65. The van der Waals surface area contributed by atoms with E-state index in [9.17, 15) is 0 Å². The lowest BCUT2D eigenvalue weighted by Crippen LogP contribution is -2.40. The van der Waals surface area contributed by atoms with Crippen LogP contribution in [0.15, 0.2) is 29.6 Å². The summed E-state index contributed by atoms with van der Waals surface area (Å²) in [5, 5.41) is 7.33. The van der Waals surface area contributed by atoms with Gasteiger partial charge in [0.15, 0.2) is 0 Å². The Hall–Kier alpha value is -0.900. The van der Waals surface area contributed by atoms with Gasteiger partial charge in [0.1, 0.15) is 0 Å². The highest BCUT2D eigenvalue weighted by Crippen LogP contribution is 2.27. The molecular formula is C18H26N2S. The molecule has 3 rings (SSSR count). The third-order valence-corrected chi connectivity index (χ3v) is 5.57. The average Bonchev–Trinajstić information content (AvgIpc) is 2.91. The van der Waals surface area contributed by atoms with Gasteiger partial charge in [-0.3, -0.25) is 4.90 Å². The zero-order valence-electron chi connectivity index (χ0n) is 13.1. The fraction of sp³-hybridized carbons (Fsp3) is 0.556. The lowest BCUT2D eigenvalue weighted by Gasteiger charge is -2.32. The Labute approximate surface area is 132 Å². The highest BCUT2D eigenvalue weighted by Gasteiger charge is 2.19. The van der Waals surface area contributed by atoms with Crippen molar-refractivity contribution in [1.82, 2.24) is 10.2 Å². The first-order valence-electron chi connectivity index (χ1n) is 8.14. The van der Waals surface area contributed by atoms with Gasteiger partial charge in [0.2, 0.25) is 0 Å². The molecule has 2 heterocycles. The smallest absolute Gasteiger partial charge is 0.0346 e. The van der Waals surface area contributed by atoms with Gasteiger partial charge in [0.05, 0.1) is 0 Å². The molecule has 2 aromatic rings. The molecule has 0 spiro atoms. The van der Waals surface area contributed by atoms with E-state index >= 15 is 0 Å². The normalized spacial score (nSPS) is 19.7. The summed E-state index contributed by atoms with van der Waals surface area (Å²) in [5.74, 6) is 0.811. The van der Waals surface area contributed by atoms with E-state index in [1.54, 1.807) is 0 Å². The van der Waals surface area contributed by atoms with Crippen molar-refractivity contribution in [3.05, 3.63) is 35.2 Å². The van der Waals surface area contributed by atoms with Crippen molar-refractivity contribution in [1.29, 1.82) is 0 Å². The topological polar surface area (TPSA) is 15.3 Å². The van der Waals surface area contributed by atoms with Crippen molar-refractivity contribution in [2.45, 2.75) is 39.3 Å². The molecule has 0 bridgehead atoms. The molecule has 1 aliphatic rings. The molecule has 0 radical (unpaired) electrons. The fourth-order valence-corrected chi connectivity index (χ4v) is 4.20. The lowest BCUT2D eigenvalue weighted by molar-refractivity contribution is 0.164. The van der Waals surface area contributed by atoms with E-state index in [1.165, 1.54) is 48.1 Å². The highest BCUT2D eigenvalue weighted by molar-refractivity contribution is 7.17. The fourth-order valence-electron chi connectivity index (χ4n) is 3.24. The summed E-state index contributed by atoms with van der Waals surface area (Å²) in [7, 11) is 0. The minimum atomic E-state index is 0.602. The molecule has 3 heteroatoms. The molecule has 0 amide bonds. The van der Waals surface area contributed by atoms with Crippen LogP contribution in [0.25, 0.3) is 10.1 Å². The van der Waals surface area contributed by atoms with Gasteiger partial charge in [0.25, 0.3) is 0 Å². The van der Waals surface area contributed by atoms with Crippen molar-refractivity contribution >= 4 is 21.4 Å². The van der Waals surface area contributed by atoms with E-state index < -0.39 is 0 Å². The van der Waals surface area contributed by atoms with Crippen LogP contribution in [0.2, 0.25) is 0 Å². The largest absolute Gasteiger partial charge is 0.316 e. The van der Waals surface area contributed by atoms with E-state index in [4.69, 9.17) is 0 Å². The van der Waals surface area contributed by atoms with Crippen LogP contribution >= 0.6 is 11.3 Å². The summed E-state index contributed by atoms with van der Waals surface area (Å²) in [4.78, 5) is 2.64. The number of rotatable bonds is 5. The predicted octanol–water partition coefficient (Wildman–Crippen LogP) is 4.11. The van der Waals surface area contributed by atoms with E-state index in [2.05, 4.69) is 53.7 Å². The molecule has 1 fully saturated rings. The second-order valence-electron chi connectivity index (χ2n) is 6.49. The van der Waals surface area contributed by atoms with Gasteiger partial charge in [-0.2, -0.15) is 0 Å². The SMILES string of the molecule is CC(C)N(Cc1csc2ccccc12)CC1CCCNC1. The Kier molecular flexibility index (Phi) is 4.94. The monoisotopic (exact) mass is 302 g/mol. The van der Waals surface area contributed by atoms with Crippen molar-refractivity contribution in [2.24, 2.45) is 5.92 Å². The molecule has 0 saturated carbocycles. The Morgan fingerprint density at radius 2 is 2.19 bits per heavy atom. The first kappa shape index (κ1) is 15.0. The number of nitrogens with zero attached hydrogens (tertiary/aromatic N) is 1. The molecule has 1 aromatic carbocycles. The molecule has 1 saturated heterocycles. The number of thiophene rings is 1. The zero-order chi connectivity index (χ0) is 14.7. The first-order chi connectivity index (χ1) is 10.2. The summed E-state index contributed by atoms with van der Waals surface area (Å²) in [6, 6.07) is 9.39. The summed E-state index contributed by atoms with van der Waals surface area (Å²) >= 11 is 1.87. The minimum absolute atomic E-state index is 0.602. The second-order valence-corrected chi connectivity index (χ2v) is 7.40. The molecule has 2 nitrogen and oxygen atoms in total. The summed E-state index contributed by atoms with van der Waals surface area (Å²) in [5.41, 5.74) is 1.49. The molecule has 1 N–H and O–H groups in total. The number of benzene rings is 1. The lowest BCUT2D eigenvalue weighted by atomic mass is 9.98. The Balaban J connectivity index is 1.72. The number of fused-ring (bicyclic) bond motifs is 1. The van der Waals surface area contributed by atoms with E-state index in [-0.39, 0.29) is 0 Å². The molecule has 21 heavy (non-hydrogen) atoms. The quantitative estimate of drug-likeness (QED) is 0.894. The van der Waals surface area contributed by atoms with Crippen LogP contribution < -0.4 is 5.32 Å². The maximum Gasteiger partial charge on any atom is 0.0346 e. The van der Waals surface area contributed by atoms with Crippen molar-refractivity contribution in [3.63, 3.8) is 0 Å². The molecule has 1 unspecified atom stereocenters. The van der Waals surface area contributed by atoms with Crippen molar-refractivity contribution < 1.29 is 0 Å². The second kappa shape index (κ2) is 6.91.